The number of hydrogen-bond acceptors (Lipinski definition) is 3. The molecule has 2 aliphatic rings. The van der Waals surface area contributed by atoms with Crippen LogP contribution in [0.15, 0.2) is 4.99 Å². The summed E-state index contributed by atoms with van der Waals surface area (Å²) in [6.45, 7) is 5.48. The molecular weight excluding hydrogens is 186 g/mol. The van der Waals surface area contributed by atoms with Crippen LogP contribution in [0.4, 0.5) is 0 Å². The molecule has 86 valence electrons. The van der Waals surface area contributed by atoms with Gasteiger partial charge in [0.15, 0.2) is 5.96 Å². The number of guanidine groups is 1. The highest BCUT2D eigenvalue weighted by molar-refractivity contribution is 5.80. The van der Waals surface area contributed by atoms with Gasteiger partial charge in [0.2, 0.25) is 0 Å². The molecule has 0 saturated heterocycles. The van der Waals surface area contributed by atoms with E-state index >= 15 is 0 Å². The first-order valence-corrected chi connectivity index (χ1v) is 6.37. The third-order valence-corrected chi connectivity index (χ3v) is 3.94. The van der Waals surface area contributed by atoms with Crippen molar-refractivity contribution in [1.82, 2.24) is 10.6 Å². The van der Waals surface area contributed by atoms with Crippen molar-refractivity contribution in [3.05, 3.63) is 0 Å². The number of nitrogens with zero attached hydrogens (tertiary/aromatic N) is 1. The van der Waals surface area contributed by atoms with Gasteiger partial charge in [0.05, 0.1) is 0 Å². The van der Waals surface area contributed by atoms with Gasteiger partial charge in [-0.2, -0.15) is 0 Å². The minimum absolute atomic E-state index is 0.557. The van der Waals surface area contributed by atoms with Crippen LogP contribution in [0.25, 0.3) is 0 Å². The summed E-state index contributed by atoms with van der Waals surface area (Å²) in [5, 5.41) is 6.82. The maximum atomic E-state index is 4.45. The van der Waals surface area contributed by atoms with Gasteiger partial charge in [0.25, 0.3) is 0 Å². The predicted octanol–water partition coefficient (Wildman–Crippen LogP) is 1.90. The summed E-state index contributed by atoms with van der Waals surface area (Å²) in [6.07, 6.45) is 8.08. The average molecular weight is 209 g/mol. The van der Waals surface area contributed by atoms with Crippen LogP contribution in [0.1, 0.15) is 45.4 Å². The largest absolute Gasteiger partial charge is 0.356 e. The Hall–Kier alpha value is -0.730. The fraction of sp³-hybridized carbons (Fsp3) is 0.917. The van der Waals surface area contributed by atoms with Crippen molar-refractivity contribution < 1.29 is 0 Å². The molecule has 0 aromatic heterocycles. The highest BCUT2D eigenvalue weighted by Gasteiger charge is 2.31. The van der Waals surface area contributed by atoms with Crippen LogP contribution in [-0.2, 0) is 0 Å². The van der Waals surface area contributed by atoms with Crippen molar-refractivity contribution in [2.75, 3.05) is 19.6 Å². The Balaban J connectivity index is 1.82. The predicted molar refractivity (Wildman–Crippen MR) is 64.1 cm³/mol. The average Bonchev–Trinajstić information content (AvgIpc) is 2.77. The molecule has 0 aromatic rings. The summed E-state index contributed by atoms with van der Waals surface area (Å²) < 4.78 is 0. The molecule has 0 radical (unpaired) electrons. The summed E-state index contributed by atoms with van der Waals surface area (Å²) in [5.74, 6) is 1.03. The molecule has 1 heterocycles. The van der Waals surface area contributed by atoms with Gasteiger partial charge in [0, 0.05) is 19.6 Å². The monoisotopic (exact) mass is 209 g/mol. The van der Waals surface area contributed by atoms with Crippen molar-refractivity contribution >= 4 is 5.96 Å². The number of nitrogens with one attached hydrogen (secondary N) is 2. The first-order chi connectivity index (χ1) is 7.35. The number of hydrogen-bond donors (Lipinski definition) is 2. The van der Waals surface area contributed by atoms with Crippen molar-refractivity contribution in [2.24, 2.45) is 10.4 Å². The van der Waals surface area contributed by atoms with E-state index in [2.05, 4.69) is 22.5 Å². The summed E-state index contributed by atoms with van der Waals surface area (Å²) in [6, 6.07) is 0. The third kappa shape index (κ3) is 2.64. The van der Waals surface area contributed by atoms with E-state index in [-0.39, 0.29) is 0 Å². The standard InChI is InChI=1S/C12H23N3/c1-2-12(6-3-4-7-12)10-15-11-13-8-5-9-14-11/h2-10H2,1H3,(H2,13,14,15). The first-order valence-electron chi connectivity index (χ1n) is 6.37. The van der Waals surface area contributed by atoms with Crippen LogP contribution < -0.4 is 10.6 Å². The molecular formula is C12H23N3. The van der Waals surface area contributed by atoms with Crippen LogP contribution >= 0.6 is 0 Å². The molecule has 1 saturated carbocycles. The molecule has 0 unspecified atom stereocenters. The zero-order valence-corrected chi connectivity index (χ0v) is 9.81. The topological polar surface area (TPSA) is 36.4 Å². The molecule has 1 aliphatic carbocycles. The second-order valence-electron chi connectivity index (χ2n) is 4.92. The van der Waals surface area contributed by atoms with Gasteiger partial charge in [-0.1, -0.05) is 19.8 Å². The smallest absolute Gasteiger partial charge is 0.191 e. The van der Waals surface area contributed by atoms with E-state index in [9.17, 15) is 0 Å². The Kier molecular flexibility index (Phi) is 3.49. The van der Waals surface area contributed by atoms with Gasteiger partial charge in [-0.15, -0.1) is 0 Å². The van der Waals surface area contributed by atoms with Crippen LogP contribution in [0.2, 0.25) is 0 Å². The number of rotatable bonds is 3. The third-order valence-electron chi connectivity index (χ3n) is 3.94. The molecule has 15 heavy (non-hydrogen) atoms. The molecule has 2 rings (SSSR count). The molecule has 3 heteroatoms. The lowest BCUT2D eigenvalue weighted by Crippen LogP contribution is -2.45. The molecule has 3 nitrogen and oxygen atoms in total. The normalized spacial score (nSPS) is 24.5. The lowest BCUT2D eigenvalue weighted by Gasteiger charge is -2.29. The van der Waals surface area contributed by atoms with E-state index in [1.807, 2.05) is 0 Å². The Morgan fingerprint density at radius 1 is 1.33 bits per heavy atom. The maximum absolute atomic E-state index is 4.45. The van der Waals surface area contributed by atoms with E-state index in [1.54, 1.807) is 0 Å². The van der Waals surface area contributed by atoms with Gasteiger partial charge in [-0.3, -0.25) is 4.99 Å². The van der Waals surface area contributed by atoms with E-state index in [1.165, 1.54) is 38.5 Å². The Morgan fingerprint density at radius 2 is 2.13 bits per heavy atom. The van der Waals surface area contributed by atoms with Crippen LogP contribution in [0, 0.1) is 5.41 Å². The SMILES string of the molecule is CCC1(CNC2=NCCCN2)CCCC1. The Morgan fingerprint density at radius 3 is 2.73 bits per heavy atom. The van der Waals surface area contributed by atoms with Crippen LogP contribution in [-0.4, -0.2) is 25.6 Å². The van der Waals surface area contributed by atoms with E-state index < -0.39 is 0 Å². The Bertz CT molecular complexity index is 229. The first kappa shape index (κ1) is 10.8. The molecule has 0 aromatic carbocycles. The molecule has 0 atom stereocenters. The van der Waals surface area contributed by atoms with Gasteiger partial charge >= 0.3 is 0 Å². The molecule has 0 spiro atoms. The zero-order valence-electron chi connectivity index (χ0n) is 9.81. The summed E-state index contributed by atoms with van der Waals surface area (Å²) >= 11 is 0. The summed E-state index contributed by atoms with van der Waals surface area (Å²) in [4.78, 5) is 4.45. The van der Waals surface area contributed by atoms with Crippen molar-refractivity contribution in [1.29, 1.82) is 0 Å². The highest BCUT2D eigenvalue weighted by Crippen LogP contribution is 2.40. The summed E-state index contributed by atoms with van der Waals surface area (Å²) in [5.41, 5.74) is 0.557. The fourth-order valence-corrected chi connectivity index (χ4v) is 2.70. The fourth-order valence-electron chi connectivity index (χ4n) is 2.70. The minimum Gasteiger partial charge on any atom is -0.356 e. The maximum Gasteiger partial charge on any atom is 0.191 e. The molecule has 1 aliphatic heterocycles. The van der Waals surface area contributed by atoms with Gasteiger partial charge < -0.3 is 10.6 Å². The van der Waals surface area contributed by atoms with Gasteiger partial charge in [-0.05, 0) is 31.1 Å². The second kappa shape index (κ2) is 4.86. The molecule has 1 fully saturated rings. The van der Waals surface area contributed by atoms with Crippen molar-refractivity contribution in [3.8, 4) is 0 Å². The lowest BCUT2D eigenvalue weighted by atomic mass is 9.83. The van der Waals surface area contributed by atoms with Crippen molar-refractivity contribution in [2.45, 2.75) is 45.4 Å². The van der Waals surface area contributed by atoms with E-state index in [4.69, 9.17) is 0 Å². The molecule has 0 bridgehead atoms. The van der Waals surface area contributed by atoms with E-state index in [0.717, 1.165) is 25.6 Å². The zero-order chi connectivity index (χ0) is 10.6. The second-order valence-corrected chi connectivity index (χ2v) is 4.92. The molecule has 0 amide bonds. The number of aliphatic imine (C=N–C) groups is 1. The Labute approximate surface area is 92.7 Å². The van der Waals surface area contributed by atoms with Gasteiger partial charge in [-0.25, -0.2) is 0 Å². The lowest BCUT2D eigenvalue weighted by molar-refractivity contribution is 0.283. The minimum atomic E-state index is 0.557. The van der Waals surface area contributed by atoms with E-state index in [0.29, 0.717) is 5.41 Å². The molecule has 2 N–H and O–H groups in total. The quantitative estimate of drug-likeness (QED) is 0.745. The van der Waals surface area contributed by atoms with Crippen molar-refractivity contribution in [3.63, 3.8) is 0 Å². The highest BCUT2D eigenvalue weighted by atomic mass is 15.2. The van der Waals surface area contributed by atoms with Gasteiger partial charge in [0.1, 0.15) is 0 Å². The van der Waals surface area contributed by atoms with Crippen LogP contribution in [0.3, 0.4) is 0 Å². The summed E-state index contributed by atoms with van der Waals surface area (Å²) in [7, 11) is 0. The van der Waals surface area contributed by atoms with Crippen LogP contribution in [0.5, 0.6) is 0 Å².